The Kier molecular flexibility index (Phi) is 2.31. The summed E-state index contributed by atoms with van der Waals surface area (Å²) < 4.78 is 5.08. The highest BCUT2D eigenvalue weighted by Gasteiger charge is 2.29. The zero-order chi connectivity index (χ0) is 11.0. The molecule has 3 nitrogen and oxygen atoms in total. The molecule has 1 aromatic heterocycles. The Bertz CT molecular complexity index is 463. The smallest absolute Gasteiger partial charge is 0.222 e. The standard InChI is InChI=1S/C12H12O3/c1-3-4-8-5-9(13)12-10(11(8)14)7(2)6-15-12/h5-6H,3-4H2,1-2H3. The molecule has 78 valence electrons. The monoisotopic (exact) mass is 204 g/mol. The first kappa shape index (κ1) is 9.90. The summed E-state index contributed by atoms with van der Waals surface area (Å²) in [6.07, 6.45) is 4.37. The number of carbonyl (C=O) groups excluding carboxylic acids is 2. The number of allylic oxidation sites excluding steroid dienone is 2. The van der Waals surface area contributed by atoms with Crippen molar-refractivity contribution in [2.75, 3.05) is 0 Å². The lowest BCUT2D eigenvalue weighted by Crippen LogP contribution is -2.15. The van der Waals surface area contributed by atoms with E-state index in [0.717, 1.165) is 12.0 Å². The number of carbonyl (C=O) groups is 2. The minimum absolute atomic E-state index is 0.0577. The summed E-state index contributed by atoms with van der Waals surface area (Å²) in [7, 11) is 0. The van der Waals surface area contributed by atoms with Gasteiger partial charge in [-0.15, -0.1) is 0 Å². The number of fused-ring (bicyclic) bond motifs is 1. The van der Waals surface area contributed by atoms with Gasteiger partial charge in [0.1, 0.15) is 0 Å². The molecule has 0 bridgehead atoms. The maximum atomic E-state index is 12.0. The van der Waals surface area contributed by atoms with Crippen LogP contribution in [0.3, 0.4) is 0 Å². The van der Waals surface area contributed by atoms with Gasteiger partial charge >= 0.3 is 0 Å². The Balaban J connectivity index is 2.51. The van der Waals surface area contributed by atoms with E-state index in [0.29, 0.717) is 17.6 Å². The molecule has 2 rings (SSSR count). The lowest BCUT2D eigenvalue weighted by atomic mass is 9.90. The molecule has 0 N–H and O–H groups in total. The van der Waals surface area contributed by atoms with Crippen LogP contribution in [0.4, 0.5) is 0 Å². The van der Waals surface area contributed by atoms with E-state index in [9.17, 15) is 9.59 Å². The van der Waals surface area contributed by atoms with Crippen molar-refractivity contribution in [1.82, 2.24) is 0 Å². The van der Waals surface area contributed by atoms with Gasteiger partial charge in [0.25, 0.3) is 0 Å². The molecule has 0 amide bonds. The third kappa shape index (κ3) is 1.44. The normalized spacial score (nSPS) is 15.2. The average Bonchev–Trinajstić information content (AvgIpc) is 2.57. The second-order valence-corrected chi connectivity index (χ2v) is 3.74. The Labute approximate surface area is 87.8 Å². The van der Waals surface area contributed by atoms with Gasteiger partial charge in [0.2, 0.25) is 5.78 Å². The van der Waals surface area contributed by atoms with Crippen LogP contribution in [-0.4, -0.2) is 11.6 Å². The summed E-state index contributed by atoms with van der Waals surface area (Å²) in [6.45, 7) is 3.76. The molecule has 0 unspecified atom stereocenters. The fourth-order valence-electron chi connectivity index (χ4n) is 1.81. The molecule has 1 aromatic rings. The number of ketones is 2. The molecule has 0 saturated heterocycles. The van der Waals surface area contributed by atoms with Gasteiger partial charge in [-0.05, 0) is 25.0 Å². The van der Waals surface area contributed by atoms with Gasteiger partial charge in [-0.2, -0.15) is 0 Å². The summed E-state index contributed by atoms with van der Waals surface area (Å²) in [5, 5.41) is 0. The Hall–Kier alpha value is -1.64. The Morgan fingerprint density at radius 2 is 2.07 bits per heavy atom. The second-order valence-electron chi connectivity index (χ2n) is 3.74. The van der Waals surface area contributed by atoms with E-state index in [4.69, 9.17) is 4.42 Å². The first-order valence-electron chi connectivity index (χ1n) is 5.02. The molecule has 0 fully saturated rings. The number of hydrogen-bond acceptors (Lipinski definition) is 3. The first-order chi connectivity index (χ1) is 7.15. The quantitative estimate of drug-likeness (QED) is 0.744. The number of furan rings is 1. The molecule has 0 radical (unpaired) electrons. The van der Waals surface area contributed by atoms with Gasteiger partial charge in [0.05, 0.1) is 11.8 Å². The molecule has 1 heterocycles. The van der Waals surface area contributed by atoms with Crippen molar-refractivity contribution < 1.29 is 14.0 Å². The first-order valence-corrected chi connectivity index (χ1v) is 5.02. The van der Waals surface area contributed by atoms with Gasteiger partial charge in [0.15, 0.2) is 11.5 Å². The molecule has 1 aliphatic carbocycles. The Morgan fingerprint density at radius 3 is 2.73 bits per heavy atom. The van der Waals surface area contributed by atoms with Crippen LogP contribution >= 0.6 is 0 Å². The van der Waals surface area contributed by atoms with Crippen molar-refractivity contribution in [2.24, 2.45) is 0 Å². The van der Waals surface area contributed by atoms with Crippen LogP contribution < -0.4 is 0 Å². The molecule has 3 heteroatoms. The molecule has 0 saturated carbocycles. The van der Waals surface area contributed by atoms with E-state index in [1.165, 1.54) is 12.3 Å². The zero-order valence-corrected chi connectivity index (χ0v) is 8.79. The van der Waals surface area contributed by atoms with E-state index >= 15 is 0 Å². The maximum Gasteiger partial charge on any atom is 0.222 e. The van der Waals surface area contributed by atoms with E-state index in [1.807, 2.05) is 6.92 Å². The van der Waals surface area contributed by atoms with Crippen LogP contribution in [0.25, 0.3) is 0 Å². The van der Waals surface area contributed by atoms with Crippen molar-refractivity contribution in [1.29, 1.82) is 0 Å². The Morgan fingerprint density at radius 1 is 1.33 bits per heavy atom. The highest BCUT2D eigenvalue weighted by molar-refractivity contribution is 6.24. The fraction of sp³-hybridized carbons (Fsp3) is 0.333. The molecule has 0 spiro atoms. The molecule has 0 aliphatic heterocycles. The van der Waals surface area contributed by atoms with Gasteiger partial charge in [0, 0.05) is 5.57 Å². The van der Waals surface area contributed by atoms with Crippen LogP contribution in [-0.2, 0) is 0 Å². The lowest BCUT2D eigenvalue weighted by Gasteiger charge is -2.10. The summed E-state index contributed by atoms with van der Waals surface area (Å²) in [4.78, 5) is 23.6. The summed E-state index contributed by atoms with van der Waals surface area (Å²) >= 11 is 0. The number of Topliss-reactive ketones (excluding diaryl/α,β-unsaturated/α-hetero) is 1. The largest absolute Gasteiger partial charge is 0.460 e. The lowest BCUT2D eigenvalue weighted by molar-refractivity contribution is 0.0964. The zero-order valence-electron chi connectivity index (χ0n) is 8.79. The van der Waals surface area contributed by atoms with Gasteiger partial charge in [-0.25, -0.2) is 0 Å². The van der Waals surface area contributed by atoms with Crippen molar-refractivity contribution in [3.8, 4) is 0 Å². The van der Waals surface area contributed by atoms with Gasteiger partial charge in [-0.1, -0.05) is 13.3 Å². The highest BCUT2D eigenvalue weighted by Crippen LogP contribution is 2.27. The van der Waals surface area contributed by atoms with E-state index in [1.54, 1.807) is 6.92 Å². The molecule has 0 atom stereocenters. The van der Waals surface area contributed by atoms with Gasteiger partial charge < -0.3 is 4.42 Å². The SMILES string of the molecule is CCCC1=CC(=O)c2occ(C)c2C1=O. The second kappa shape index (κ2) is 3.50. The van der Waals surface area contributed by atoms with Crippen LogP contribution in [0.2, 0.25) is 0 Å². The topological polar surface area (TPSA) is 47.3 Å². The van der Waals surface area contributed by atoms with E-state index in [2.05, 4.69) is 0 Å². The number of rotatable bonds is 2. The highest BCUT2D eigenvalue weighted by atomic mass is 16.3. The number of aryl methyl sites for hydroxylation is 1. The third-order valence-corrected chi connectivity index (χ3v) is 2.54. The molecule has 1 aliphatic rings. The summed E-state index contributed by atoms with van der Waals surface area (Å²) in [5.74, 6) is -0.0591. The summed E-state index contributed by atoms with van der Waals surface area (Å²) in [5.41, 5.74) is 1.79. The maximum absolute atomic E-state index is 12.0. The van der Waals surface area contributed by atoms with Crippen LogP contribution in [0.5, 0.6) is 0 Å². The van der Waals surface area contributed by atoms with E-state index in [-0.39, 0.29) is 17.3 Å². The predicted octanol–water partition coefficient (Wildman–Crippen LogP) is 2.69. The van der Waals surface area contributed by atoms with E-state index < -0.39 is 0 Å². The van der Waals surface area contributed by atoms with Crippen LogP contribution in [0.15, 0.2) is 22.3 Å². The van der Waals surface area contributed by atoms with Crippen LogP contribution in [0, 0.1) is 6.92 Å². The molecule has 15 heavy (non-hydrogen) atoms. The van der Waals surface area contributed by atoms with Crippen molar-refractivity contribution in [3.63, 3.8) is 0 Å². The molecule has 0 aromatic carbocycles. The predicted molar refractivity (Wildman–Crippen MR) is 55.1 cm³/mol. The minimum atomic E-state index is -0.193. The van der Waals surface area contributed by atoms with Gasteiger partial charge in [-0.3, -0.25) is 9.59 Å². The minimum Gasteiger partial charge on any atom is -0.460 e. The van der Waals surface area contributed by atoms with Crippen molar-refractivity contribution >= 4 is 11.6 Å². The molecular formula is C12H12O3. The molecular weight excluding hydrogens is 192 g/mol. The third-order valence-electron chi connectivity index (χ3n) is 2.54. The van der Waals surface area contributed by atoms with Crippen molar-refractivity contribution in [3.05, 3.63) is 34.8 Å². The van der Waals surface area contributed by atoms with Crippen LogP contribution in [0.1, 0.15) is 46.2 Å². The fourth-order valence-corrected chi connectivity index (χ4v) is 1.81. The average molecular weight is 204 g/mol. The van der Waals surface area contributed by atoms with Crippen molar-refractivity contribution in [2.45, 2.75) is 26.7 Å². The number of hydrogen-bond donors (Lipinski definition) is 0. The summed E-state index contributed by atoms with van der Waals surface area (Å²) in [6, 6.07) is 0.